The first kappa shape index (κ1) is 25.6. The van der Waals surface area contributed by atoms with Gasteiger partial charge in [0.2, 0.25) is 0 Å². The molecule has 1 aliphatic rings. The van der Waals surface area contributed by atoms with Crippen molar-refractivity contribution >= 4 is 24.0 Å². The second kappa shape index (κ2) is 11.1. The largest absolute Gasteiger partial charge is 0.456 e. The molecule has 0 aromatic carbocycles. The summed E-state index contributed by atoms with van der Waals surface area (Å²) in [6.45, 7) is 10.4. The van der Waals surface area contributed by atoms with Gasteiger partial charge in [-0.1, -0.05) is 0 Å². The van der Waals surface area contributed by atoms with Crippen LogP contribution in [0.3, 0.4) is 0 Å². The van der Waals surface area contributed by atoms with Crippen LogP contribution in [0.25, 0.3) is 0 Å². The van der Waals surface area contributed by atoms with Crippen LogP contribution in [0.5, 0.6) is 0 Å². The third kappa shape index (κ3) is 8.95. The van der Waals surface area contributed by atoms with E-state index in [2.05, 4.69) is 5.32 Å². The van der Waals surface area contributed by atoms with Gasteiger partial charge in [0, 0.05) is 27.3 Å². The van der Waals surface area contributed by atoms with E-state index in [1.165, 1.54) is 20.8 Å². The number of carbonyl (C=O) groups excluding carboxylic acids is 4. The van der Waals surface area contributed by atoms with E-state index in [1.54, 1.807) is 27.7 Å². The van der Waals surface area contributed by atoms with Crippen LogP contribution in [0.15, 0.2) is 0 Å². The summed E-state index contributed by atoms with van der Waals surface area (Å²) in [5, 5.41) is 2.52. The Labute approximate surface area is 175 Å². The highest BCUT2D eigenvalue weighted by Crippen LogP contribution is 2.29. The fraction of sp³-hybridized carbons (Fsp3) is 0.789. The van der Waals surface area contributed by atoms with E-state index < -0.39 is 60.3 Å². The molecule has 30 heavy (non-hydrogen) atoms. The molecule has 1 amide bonds. The van der Waals surface area contributed by atoms with Gasteiger partial charge in [0.05, 0.1) is 12.7 Å². The van der Waals surface area contributed by atoms with Crippen molar-refractivity contribution in [1.82, 2.24) is 5.32 Å². The summed E-state index contributed by atoms with van der Waals surface area (Å²) in [4.78, 5) is 46.3. The molecule has 0 radical (unpaired) electrons. The van der Waals surface area contributed by atoms with E-state index in [9.17, 15) is 19.2 Å². The lowest BCUT2D eigenvalue weighted by molar-refractivity contribution is -0.300. The van der Waals surface area contributed by atoms with Crippen LogP contribution in [-0.2, 0) is 42.8 Å². The highest BCUT2D eigenvalue weighted by atomic mass is 16.7. The molecule has 1 heterocycles. The molecule has 1 fully saturated rings. The van der Waals surface area contributed by atoms with Crippen LogP contribution in [0.1, 0.15) is 48.5 Å². The van der Waals surface area contributed by atoms with Gasteiger partial charge < -0.3 is 33.7 Å². The lowest BCUT2D eigenvalue weighted by Crippen LogP contribution is -2.61. The Morgan fingerprint density at radius 3 is 1.87 bits per heavy atom. The van der Waals surface area contributed by atoms with E-state index in [0.29, 0.717) is 0 Å². The molecule has 11 nitrogen and oxygen atoms in total. The maximum atomic E-state index is 11.7. The first-order valence-electron chi connectivity index (χ1n) is 9.55. The molecule has 0 bridgehead atoms. The van der Waals surface area contributed by atoms with E-state index in [-0.39, 0.29) is 13.2 Å². The van der Waals surface area contributed by atoms with Gasteiger partial charge in [-0.15, -0.1) is 0 Å². The summed E-state index contributed by atoms with van der Waals surface area (Å²) >= 11 is 0. The van der Waals surface area contributed by atoms with E-state index in [4.69, 9.17) is 28.4 Å². The van der Waals surface area contributed by atoms with E-state index >= 15 is 0 Å². The average molecular weight is 433 g/mol. The molecule has 1 aliphatic heterocycles. The van der Waals surface area contributed by atoms with Crippen molar-refractivity contribution in [3.8, 4) is 0 Å². The molecule has 0 aliphatic carbocycles. The SMILES string of the molecule is CC(=O)O[C@H]1[C@H](OC(C)=O)[C@H](OCCNC(=O)OC(C)(C)C)O[C@@H](C)[C@H]1OC(C)=O. The minimum atomic E-state index is -1.19. The highest BCUT2D eigenvalue weighted by Gasteiger charge is 2.50. The van der Waals surface area contributed by atoms with Gasteiger partial charge >= 0.3 is 24.0 Å². The molecule has 0 spiro atoms. The Morgan fingerprint density at radius 1 is 0.867 bits per heavy atom. The zero-order chi connectivity index (χ0) is 23.1. The van der Waals surface area contributed by atoms with Crippen molar-refractivity contribution in [2.24, 2.45) is 0 Å². The van der Waals surface area contributed by atoms with Crippen LogP contribution >= 0.6 is 0 Å². The normalized spacial score (nSPS) is 26.3. The molecule has 0 saturated carbocycles. The molecular formula is C19H31NO10. The van der Waals surface area contributed by atoms with Gasteiger partial charge in [-0.3, -0.25) is 14.4 Å². The highest BCUT2D eigenvalue weighted by molar-refractivity contribution is 5.68. The van der Waals surface area contributed by atoms with Crippen LogP contribution in [0.4, 0.5) is 4.79 Å². The molecular weight excluding hydrogens is 402 g/mol. The lowest BCUT2D eigenvalue weighted by atomic mass is 9.99. The van der Waals surface area contributed by atoms with Crippen molar-refractivity contribution < 1.29 is 47.6 Å². The van der Waals surface area contributed by atoms with Crippen molar-refractivity contribution in [2.45, 2.75) is 84.8 Å². The van der Waals surface area contributed by atoms with Crippen LogP contribution < -0.4 is 5.32 Å². The lowest BCUT2D eigenvalue weighted by Gasteiger charge is -2.43. The molecule has 11 heteroatoms. The predicted octanol–water partition coefficient (Wildman–Crippen LogP) is 1.07. The molecule has 0 unspecified atom stereocenters. The summed E-state index contributed by atoms with van der Waals surface area (Å²) in [5.41, 5.74) is -0.643. The summed E-state index contributed by atoms with van der Waals surface area (Å²) in [6.07, 6.45) is -5.80. The third-order valence-electron chi connectivity index (χ3n) is 3.69. The van der Waals surface area contributed by atoms with Crippen molar-refractivity contribution in [3.05, 3.63) is 0 Å². The van der Waals surface area contributed by atoms with Gasteiger partial charge in [0.1, 0.15) is 5.60 Å². The van der Waals surface area contributed by atoms with Crippen molar-refractivity contribution in [2.75, 3.05) is 13.2 Å². The molecule has 1 saturated heterocycles. The second-order valence-corrected chi connectivity index (χ2v) is 7.73. The standard InChI is InChI=1S/C19H31NO10/c1-10-14(27-11(2)21)15(28-12(3)22)16(29-13(4)23)17(26-10)25-9-8-20-18(24)30-19(5,6)7/h10,14-17H,8-9H2,1-7H3,(H,20,24)/t10-,14+,15+,16-,17+/m0/s1. The fourth-order valence-electron chi connectivity index (χ4n) is 2.75. The Hall–Kier alpha value is -2.40. The smallest absolute Gasteiger partial charge is 0.407 e. The number of alkyl carbamates (subject to hydrolysis) is 1. The number of amides is 1. The quantitative estimate of drug-likeness (QED) is 0.353. The van der Waals surface area contributed by atoms with Gasteiger partial charge in [-0.05, 0) is 27.7 Å². The molecule has 0 aromatic heterocycles. The topological polar surface area (TPSA) is 136 Å². The minimum absolute atomic E-state index is 0.0145. The maximum absolute atomic E-state index is 11.7. The van der Waals surface area contributed by atoms with Crippen molar-refractivity contribution in [1.29, 1.82) is 0 Å². The first-order chi connectivity index (χ1) is 13.8. The number of carbonyl (C=O) groups is 4. The Bertz CT molecular complexity index is 629. The number of nitrogens with one attached hydrogen (secondary N) is 1. The van der Waals surface area contributed by atoms with Gasteiger partial charge in [0.25, 0.3) is 0 Å². The van der Waals surface area contributed by atoms with Crippen LogP contribution in [0.2, 0.25) is 0 Å². The number of hydrogen-bond donors (Lipinski definition) is 1. The second-order valence-electron chi connectivity index (χ2n) is 7.73. The molecule has 1 rings (SSSR count). The molecule has 1 N–H and O–H groups in total. The Morgan fingerprint density at radius 2 is 1.37 bits per heavy atom. The molecule has 172 valence electrons. The minimum Gasteiger partial charge on any atom is -0.456 e. The number of ether oxygens (including phenoxy) is 6. The van der Waals surface area contributed by atoms with Crippen LogP contribution in [0, 0.1) is 0 Å². The Balaban J connectivity index is 2.84. The molecule has 5 atom stereocenters. The monoisotopic (exact) mass is 433 g/mol. The van der Waals surface area contributed by atoms with Crippen molar-refractivity contribution in [3.63, 3.8) is 0 Å². The predicted molar refractivity (Wildman–Crippen MR) is 101 cm³/mol. The zero-order valence-corrected chi connectivity index (χ0v) is 18.4. The third-order valence-corrected chi connectivity index (χ3v) is 3.69. The van der Waals surface area contributed by atoms with E-state index in [1.807, 2.05) is 0 Å². The summed E-state index contributed by atoms with van der Waals surface area (Å²) < 4.78 is 32.2. The molecule has 0 aromatic rings. The van der Waals surface area contributed by atoms with E-state index in [0.717, 1.165) is 0 Å². The van der Waals surface area contributed by atoms with Crippen LogP contribution in [-0.4, -0.2) is 73.5 Å². The number of hydrogen-bond acceptors (Lipinski definition) is 10. The number of esters is 3. The number of rotatable bonds is 7. The zero-order valence-electron chi connectivity index (χ0n) is 18.4. The van der Waals surface area contributed by atoms with Gasteiger partial charge in [-0.25, -0.2) is 4.79 Å². The maximum Gasteiger partial charge on any atom is 0.407 e. The average Bonchev–Trinajstić information content (AvgIpc) is 2.55. The van der Waals surface area contributed by atoms with Gasteiger partial charge in [0.15, 0.2) is 24.6 Å². The Kier molecular flexibility index (Phi) is 9.50. The van der Waals surface area contributed by atoms with Gasteiger partial charge in [-0.2, -0.15) is 0 Å². The fourth-order valence-corrected chi connectivity index (χ4v) is 2.75. The summed E-state index contributed by atoms with van der Waals surface area (Å²) in [7, 11) is 0. The first-order valence-corrected chi connectivity index (χ1v) is 9.55. The summed E-state index contributed by atoms with van der Waals surface area (Å²) in [5.74, 6) is -1.94. The summed E-state index contributed by atoms with van der Waals surface area (Å²) in [6, 6.07) is 0.